The zero-order valence-electron chi connectivity index (χ0n) is 12.2. The van der Waals surface area contributed by atoms with E-state index in [4.69, 9.17) is 0 Å². The van der Waals surface area contributed by atoms with E-state index in [1.165, 1.54) is 4.88 Å². The van der Waals surface area contributed by atoms with E-state index in [9.17, 15) is 4.79 Å². The third-order valence-electron chi connectivity index (χ3n) is 3.23. The highest BCUT2D eigenvalue weighted by atomic mass is 32.1. The lowest BCUT2D eigenvalue weighted by molar-refractivity contribution is -0.115. The summed E-state index contributed by atoms with van der Waals surface area (Å²) in [6, 6.07) is 14.0. The number of carbonyl (C=O) groups excluding carboxylic acids is 1. The van der Waals surface area contributed by atoms with E-state index in [0.717, 1.165) is 22.6 Å². The maximum atomic E-state index is 12.1. The van der Waals surface area contributed by atoms with Crippen LogP contribution in [0.4, 0.5) is 5.13 Å². The van der Waals surface area contributed by atoms with Crippen LogP contribution in [0.5, 0.6) is 0 Å². The van der Waals surface area contributed by atoms with Crippen LogP contribution < -0.4 is 5.32 Å². The Balaban J connectivity index is 1.77. The van der Waals surface area contributed by atoms with Crippen molar-refractivity contribution in [3.8, 4) is 11.3 Å². The number of amides is 1. The lowest BCUT2D eigenvalue weighted by atomic mass is 10.1. The van der Waals surface area contributed by atoms with Gasteiger partial charge in [0.05, 0.1) is 12.1 Å². The Morgan fingerprint density at radius 3 is 2.68 bits per heavy atom. The van der Waals surface area contributed by atoms with Crippen LogP contribution >= 0.6 is 22.7 Å². The van der Waals surface area contributed by atoms with E-state index in [1.807, 2.05) is 47.8 Å². The van der Waals surface area contributed by atoms with E-state index in [0.29, 0.717) is 11.6 Å². The van der Waals surface area contributed by atoms with Gasteiger partial charge in [-0.1, -0.05) is 43.3 Å². The third kappa shape index (κ3) is 3.43. The van der Waals surface area contributed by atoms with Crippen LogP contribution in [0.1, 0.15) is 16.7 Å². The topological polar surface area (TPSA) is 42.0 Å². The zero-order valence-corrected chi connectivity index (χ0v) is 13.8. The number of hydrogen-bond acceptors (Lipinski definition) is 4. The highest BCUT2D eigenvalue weighted by Crippen LogP contribution is 2.31. The van der Waals surface area contributed by atoms with Crippen LogP contribution in [0.3, 0.4) is 0 Å². The summed E-state index contributed by atoms with van der Waals surface area (Å²) < 4.78 is 0. The second-order valence-corrected chi connectivity index (χ2v) is 6.93. The first-order chi connectivity index (χ1) is 10.8. The summed E-state index contributed by atoms with van der Waals surface area (Å²) in [6.45, 7) is 2.11. The molecule has 1 N–H and O–H groups in total. The van der Waals surface area contributed by atoms with Gasteiger partial charge in [0.25, 0.3) is 0 Å². The lowest BCUT2D eigenvalue weighted by Crippen LogP contribution is -2.13. The van der Waals surface area contributed by atoms with Gasteiger partial charge < -0.3 is 5.32 Å². The van der Waals surface area contributed by atoms with Crippen molar-refractivity contribution in [1.82, 2.24) is 4.98 Å². The summed E-state index contributed by atoms with van der Waals surface area (Å²) in [4.78, 5) is 19.0. The van der Waals surface area contributed by atoms with Crippen molar-refractivity contribution in [2.24, 2.45) is 0 Å². The minimum Gasteiger partial charge on any atom is -0.302 e. The Kier molecular flexibility index (Phi) is 4.65. The van der Waals surface area contributed by atoms with Crippen molar-refractivity contribution < 1.29 is 4.79 Å². The number of rotatable bonds is 5. The van der Waals surface area contributed by atoms with Crippen LogP contribution in [0.25, 0.3) is 11.3 Å². The van der Waals surface area contributed by atoms with Crippen LogP contribution in [-0.2, 0) is 17.6 Å². The molecular weight excluding hydrogens is 312 g/mol. The molecule has 0 aliphatic carbocycles. The van der Waals surface area contributed by atoms with Crippen LogP contribution in [0.15, 0.2) is 47.8 Å². The summed E-state index contributed by atoms with van der Waals surface area (Å²) >= 11 is 3.15. The molecule has 1 aromatic carbocycles. The van der Waals surface area contributed by atoms with Gasteiger partial charge in [0, 0.05) is 15.3 Å². The number of thiazole rings is 1. The molecule has 0 saturated carbocycles. The van der Waals surface area contributed by atoms with Gasteiger partial charge in [0.1, 0.15) is 0 Å². The van der Waals surface area contributed by atoms with E-state index >= 15 is 0 Å². The molecule has 2 heterocycles. The number of aromatic nitrogens is 1. The van der Waals surface area contributed by atoms with Gasteiger partial charge in [-0.15, -0.1) is 22.7 Å². The van der Waals surface area contributed by atoms with Gasteiger partial charge in [-0.05, 0) is 17.9 Å². The third-order valence-corrected chi connectivity index (χ3v) is 5.22. The number of anilines is 1. The highest BCUT2D eigenvalue weighted by Gasteiger charge is 2.14. The number of carbonyl (C=O) groups is 1. The number of thiophene rings is 1. The molecule has 112 valence electrons. The normalized spacial score (nSPS) is 10.6. The standard InChI is InChI=1S/C17H16N2OS2/c1-2-14-16(12-7-4-3-5-8-12)19-17(22-14)18-15(20)11-13-9-6-10-21-13/h3-10H,2,11H2,1H3,(H,18,19,20). The maximum absolute atomic E-state index is 12.1. The first-order valence-electron chi connectivity index (χ1n) is 7.13. The molecular formula is C17H16N2OS2. The smallest absolute Gasteiger partial charge is 0.231 e. The predicted octanol–water partition coefficient (Wildman–Crippen LogP) is 4.62. The summed E-state index contributed by atoms with van der Waals surface area (Å²) in [5, 5.41) is 5.58. The predicted molar refractivity (Wildman–Crippen MR) is 93.6 cm³/mol. The Bertz CT molecular complexity index is 748. The van der Waals surface area contributed by atoms with Gasteiger partial charge in [-0.2, -0.15) is 0 Å². The second kappa shape index (κ2) is 6.85. The summed E-state index contributed by atoms with van der Waals surface area (Å²) in [5.41, 5.74) is 2.06. The molecule has 3 aromatic rings. The van der Waals surface area contributed by atoms with Gasteiger partial charge in [0.2, 0.25) is 5.91 Å². The minimum absolute atomic E-state index is 0.0153. The molecule has 0 radical (unpaired) electrons. The van der Waals surface area contributed by atoms with Crippen LogP contribution in [-0.4, -0.2) is 10.9 Å². The average Bonchev–Trinajstić information content (AvgIpc) is 3.17. The number of hydrogen-bond donors (Lipinski definition) is 1. The second-order valence-electron chi connectivity index (χ2n) is 4.81. The highest BCUT2D eigenvalue weighted by molar-refractivity contribution is 7.16. The Morgan fingerprint density at radius 2 is 2.00 bits per heavy atom. The number of nitrogens with one attached hydrogen (secondary N) is 1. The van der Waals surface area contributed by atoms with Crippen LogP contribution in [0.2, 0.25) is 0 Å². The van der Waals surface area contributed by atoms with E-state index < -0.39 is 0 Å². The van der Waals surface area contributed by atoms with E-state index in [-0.39, 0.29) is 5.91 Å². The first kappa shape index (κ1) is 14.9. The van der Waals surface area contributed by atoms with Crippen molar-refractivity contribution in [2.45, 2.75) is 19.8 Å². The van der Waals surface area contributed by atoms with Crippen molar-refractivity contribution in [1.29, 1.82) is 0 Å². The fraction of sp³-hybridized carbons (Fsp3) is 0.176. The lowest BCUT2D eigenvalue weighted by Gasteiger charge is -1.99. The van der Waals surface area contributed by atoms with E-state index in [2.05, 4.69) is 17.2 Å². The maximum Gasteiger partial charge on any atom is 0.231 e. The van der Waals surface area contributed by atoms with Crippen LogP contribution in [0, 0.1) is 0 Å². The monoisotopic (exact) mass is 328 g/mol. The molecule has 3 nitrogen and oxygen atoms in total. The largest absolute Gasteiger partial charge is 0.302 e. The van der Waals surface area contributed by atoms with Crippen molar-refractivity contribution in [3.05, 3.63) is 57.6 Å². The molecule has 3 rings (SSSR count). The molecule has 0 aliphatic heterocycles. The molecule has 0 fully saturated rings. The molecule has 0 aliphatic rings. The molecule has 22 heavy (non-hydrogen) atoms. The van der Waals surface area contributed by atoms with Crippen molar-refractivity contribution in [2.75, 3.05) is 5.32 Å². The number of nitrogens with zero attached hydrogens (tertiary/aromatic N) is 1. The molecule has 0 saturated heterocycles. The molecule has 0 atom stereocenters. The van der Waals surface area contributed by atoms with Crippen molar-refractivity contribution >= 4 is 33.7 Å². The quantitative estimate of drug-likeness (QED) is 0.743. The van der Waals surface area contributed by atoms with Gasteiger partial charge in [-0.25, -0.2) is 4.98 Å². The van der Waals surface area contributed by atoms with Gasteiger partial charge in [0.15, 0.2) is 5.13 Å². The SMILES string of the molecule is CCc1sc(NC(=O)Cc2cccs2)nc1-c1ccccc1. The van der Waals surface area contributed by atoms with E-state index in [1.54, 1.807) is 22.7 Å². The fourth-order valence-electron chi connectivity index (χ4n) is 2.20. The number of benzene rings is 1. The average molecular weight is 328 g/mol. The van der Waals surface area contributed by atoms with Gasteiger partial charge >= 0.3 is 0 Å². The zero-order chi connectivity index (χ0) is 15.4. The molecule has 0 bridgehead atoms. The molecule has 5 heteroatoms. The summed E-state index contributed by atoms with van der Waals surface area (Å²) in [7, 11) is 0. The van der Waals surface area contributed by atoms with Crippen molar-refractivity contribution in [3.63, 3.8) is 0 Å². The number of aryl methyl sites for hydroxylation is 1. The summed E-state index contributed by atoms with van der Waals surface area (Å²) in [6.07, 6.45) is 1.31. The minimum atomic E-state index is -0.0153. The fourth-order valence-corrected chi connectivity index (χ4v) is 3.84. The Hall–Kier alpha value is -1.98. The Morgan fingerprint density at radius 1 is 1.18 bits per heavy atom. The molecule has 0 unspecified atom stereocenters. The first-order valence-corrected chi connectivity index (χ1v) is 8.83. The summed E-state index contributed by atoms with van der Waals surface area (Å²) in [5.74, 6) is -0.0153. The van der Waals surface area contributed by atoms with Gasteiger partial charge in [-0.3, -0.25) is 4.79 Å². The molecule has 0 spiro atoms. The Labute approximate surface area is 137 Å². The molecule has 2 aromatic heterocycles. The molecule has 1 amide bonds.